The van der Waals surface area contributed by atoms with Crippen LogP contribution in [-0.4, -0.2) is 21.8 Å². The van der Waals surface area contributed by atoms with E-state index in [9.17, 15) is 9.18 Å². The van der Waals surface area contributed by atoms with Gasteiger partial charge < -0.3 is 5.32 Å². The molecular weight excluding hydrogens is 333 g/mol. The lowest BCUT2D eigenvalue weighted by Gasteiger charge is -2.04. The summed E-state index contributed by atoms with van der Waals surface area (Å²) in [4.78, 5) is 19.2. The van der Waals surface area contributed by atoms with Gasteiger partial charge in [0.05, 0.1) is 10.4 Å². The average Bonchev–Trinajstić information content (AvgIpc) is 3.18. The Labute approximate surface area is 139 Å². The van der Waals surface area contributed by atoms with Gasteiger partial charge in [-0.25, -0.2) is 9.37 Å². The number of nitrogens with one attached hydrogen (secondary N) is 1. The molecule has 0 radical (unpaired) electrons. The molecule has 0 saturated heterocycles. The van der Waals surface area contributed by atoms with E-state index in [0.717, 1.165) is 20.9 Å². The van der Waals surface area contributed by atoms with Crippen LogP contribution in [0, 0.1) is 5.82 Å². The minimum absolute atomic E-state index is 0.117. The standard InChI is InChI=1S/C16H12FN3OS2/c17-11-3-1-2-10(8-11)4-5-18-14(21)13-9-12-15(23-13)19-16-20(12)6-7-22-16/h1-3,6-9H,4-5H2,(H,18,21). The number of carbonyl (C=O) groups is 1. The molecule has 23 heavy (non-hydrogen) atoms. The molecule has 0 atom stereocenters. The molecular formula is C16H12FN3OS2. The zero-order chi connectivity index (χ0) is 15.8. The number of benzene rings is 1. The molecule has 0 fully saturated rings. The third-order valence-corrected chi connectivity index (χ3v) is 5.33. The number of amides is 1. The summed E-state index contributed by atoms with van der Waals surface area (Å²) in [5.41, 5.74) is 1.83. The maximum Gasteiger partial charge on any atom is 0.261 e. The number of carbonyl (C=O) groups excluding carboxylic acids is 1. The molecule has 0 bridgehead atoms. The highest BCUT2D eigenvalue weighted by atomic mass is 32.1. The Kier molecular flexibility index (Phi) is 3.59. The first-order chi connectivity index (χ1) is 11.2. The molecule has 3 heterocycles. The summed E-state index contributed by atoms with van der Waals surface area (Å²) < 4.78 is 15.1. The summed E-state index contributed by atoms with van der Waals surface area (Å²) in [6, 6.07) is 8.29. The van der Waals surface area contributed by atoms with E-state index in [1.807, 2.05) is 28.1 Å². The fraction of sp³-hybridized carbons (Fsp3) is 0.125. The Bertz CT molecular complexity index is 1000. The lowest BCUT2D eigenvalue weighted by atomic mass is 10.1. The quantitative estimate of drug-likeness (QED) is 0.613. The number of aromatic nitrogens is 2. The van der Waals surface area contributed by atoms with Crippen LogP contribution in [0.4, 0.5) is 4.39 Å². The van der Waals surface area contributed by atoms with Crippen molar-refractivity contribution in [3.63, 3.8) is 0 Å². The van der Waals surface area contributed by atoms with Crippen LogP contribution in [0.25, 0.3) is 15.3 Å². The number of halogens is 1. The van der Waals surface area contributed by atoms with Crippen LogP contribution >= 0.6 is 22.7 Å². The van der Waals surface area contributed by atoms with Crippen LogP contribution in [0.2, 0.25) is 0 Å². The highest BCUT2D eigenvalue weighted by Crippen LogP contribution is 2.28. The van der Waals surface area contributed by atoms with Crippen molar-refractivity contribution in [3.05, 3.63) is 58.2 Å². The second-order valence-electron chi connectivity index (χ2n) is 5.10. The highest BCUT2D eigenvalue weighted by Gasteiger charge is 2.14. The number of hydrogen-bond acceptors (Lipinski definition) is 4. The number of thiazole rings is 1. The van der Waals surface area contributed by atoms with Crippen molar-refractivity contribution in [3.8, 4) is 0 Å². The maximum absolute atomic E-state index is 13.1. The first-order valence-corrected chi connectivity index (χ1v) is 8.78. The van der Waals surface area contributed by atoms with Crippen molar-refractivity contribution in [1.29, 1.82) is 0 Å². The van der Waals surface area contributed by atoms with Crippen molar-refractivity contribution >= 4 is 43.9 Å². The summed E-state index contributed by atoms with van der Waals surface area (Å²) in [7, 11) is 0. The topological polar surface area (TPSA) is 46.4 Å². The van der Waals surface area contributed by atoms with E-state index in [-0.39, 0.29) is 11.7 Å². The van der Waals surface area contributed by atoms with E-state index in [0.29, 0.717) is 17.8 Å². The smallest absolute Gasteiger partial charge is 0.261 e. The third-order valence-electron chi connectivity index (χ3n) is 3.55. The van der Waals surface area contributed by atoms with Gasteiger partial charge in [-0.05, 0) is 30.2 Å². The van der Waals surface area contributed by atoms with Crippen LogP contribution in [0.5, 0.6) is 0 Å². The number of imidazole rings is 1. The van der Waals surface area contributed by atoms with Crippen molar-refractivity contribution in [2.24, 2.45) is 0 Å². The molecule has 4 nitrogen and oxygen atoms in total. The number of fused-ring (bicyclic) bond motifs is 3. The maximum atomic E-state index is 13.1. The van der Waals surface area contributed by atoms with Crippen molar-refractivity contribution in [2.45, 2.75) is 6.42 Å². The molecule has 0 aliphatic heterocycles. The monoisotopic (exact) mass is 345 g/mol. The van der Waals surface area contributed by atoms with Gasteiger partial charge in [-0.2, -0.15) is 0 Å². The normalized spacial score (nSPS) is 11.3. The lowest BCUT2D eigenvalue weighted by Crippen LogP contribution is -2.24. The van der Waals surface area contributed by atoms with E-state index in [1.54, 1.807) is 17.4 Å². The van der Waals surface area contributed by atoms with E-state index in [1.165, 1.54) is 23.5 Å². The first-order valence-electron chi connectivity index (χ1n) is 7.08. The first kappa shape index (κ1) is 14.3. The van der Waals surface area contributed by atoms with Gasteiger partial charge in [0.2, 0.25) is 0 Å². The number of thiophene rings is 1. The van der Waals surface area contributed by atoms with Crippen molar-refractivity contribution in [2.75, 3.05) is 6.54 Å². The summed E-state index contributed by atoms with van der Waals surface area (Å²) in [5.74, 6) is -0.373. The molecule has 1 aromatic carbocycles. The molecule has 116 valence electrons. The molecule has 1 N–H and O–H groups in total. The van der Waals surface area contributed by atoms with E-state index >= 15 is 0 Å². The summed E-state index contributed by atoms with van der Waals surface area (Å²) in [5, 5.41) is 4.84. The predicted octanol–water partition coefficient (Wildman–Crippen LogP) is 3.72. The summed E-state index contributed by atoms with van der Waals surface area (Å²) in [6.45, 7) is 0.471. The molecule has 3 aromatic heterocycles. The predicted molar refractivity (Wildman–Crippen MR) is 90.9 cm³/mol. The van der Waals surface area contributed by atoms with Crippen molar-refractivity contribution in [1.82, 2.24) is 14.7 Å². The fourth-order valence-electron chi connectivity index (χ4n) is 2.46. The molecule has 0 aliphatic rings. The van der Waals surface area contributed by atoms with Crippen molar-refractivity contribution < 1.29 is 9.18 Å². The van der Waals surface area contributed by atoms with Gasteiger partial charge in [-0.15, -0.1) is 22.7 Å². The van der Waals surface area contributed by atoms with Gasteiger partial charge >= 0.3 is 0 Å². The van der Waals surface area contributed by atoms with Gasteiger partial charge in [0, 0.05) is 18.1 Å². The molecule has 4 rings (SSSR count). The number of hydrogen-bond donors (Lipinski definition) is 1. The van der Waals surface area contributed by atoms with Gasteiger partial charge in [-0.3, -0.25) is 9.20 Å². The van der Waals surface area contributed by atoms with Gasteiger partial charge in [0.1, 0.15) is 10.6 Å². The Morgan fingerprint density at radius 2 is 2.26 bits per heavy atom. The molecule has 1 amide bonds. The zero-order valence-electron chi connectivity index (χ0n) is 12.0. The molecule has 0 spiro atoms. The zero-order valence-corrected chi connectivity index (χ0v) is 13.6. The minimum Gasteiger partial charge on any atom is -0.351 e. The van der Waals surface area contributed by atoms with Crippen LogP contribution in [0.3, 0.4) is 0 Å². The van der Waals surface area contributed by atoms with Gasteiger partial charge in [-0.1, -0.05) is 12.1 Å². The molecule has 7 heteroatoms. The van der Waals surface area contributed by atoms with Crippen LogP contribution in [0.1, 0.15) is 15.2 Å². The number of rotatable bonds is 4. The average molecular weight is 345 g/mol. The van der Waals surface area contributed by atoms with E-state index in [2.05, 4.69) is 10.3 Å². The Hall–Kier alpha value is -2.25. The second-order valence-corrected chi connectivity index (χ2v) is 7.01. The van der Waals surface area contributed by atoms with Gasteiger partial charge in [0.25, 0.3) is 5.91 Å². The fourth-order valence-corrected chi connectivity index (χ4v) is 4.18. The lowest BCUT2D eigenvalue weighted by molar-refractivity contribution is 0.0958. The minimum atomic E-state index is -0.256. The summed E-state index contributed by atoms with van der Waals surface area (Å²) in [6.07, 6.45) is 2.55. The Morgan fingerprint density at radius 1 is 1.35 bits per heavy atom. The largest absolute Gasteiger partial charge is 0.351 e. The SMILES string of the molecule is O=C(NCCc1cccc(F)c1)c1cc2c(nc3sccn32)s1. The Balaban J connectivity index is 1.45. The Morgan fingerprint density at radius 3 is 3.13 bits per heavy atom. The van der Waals surface area contributed by atoms with Crippen LogP contribution in [-0.2, 0) is 6.42 Å². The van der Waals surface area contributed by atoms with Crippen LogP contribution < -0.4 is 5.32 Å². The second kappa shape index (κ2) is 5.75. The molecule has 0 aliphatic carbocycles. The molecule has 4 aromatic rings. The van der Waals surface area contributed by atoms with E-state index in [4.69, 9.17) is 0 Å². The molecule has 0 unspecified atom stereocenters. The molecule has 0 saturated carbocycles. The highest BCUT2D eigenvalue weighted by molar-refractivity contribution is 7.21. The number of nitrogens with zero attached hydrogens (tertiary/aromatic N) is 2. The van der Waals surface area contributed by atoms with Crippen LogP contribution in [0.15, 0.2) is 41.9 Å². The third kappa shape index (κ3) is 2.73. The summed E-state index contributed by atoms with van der Waals surface area (Å²) >= 11 is 2.96. The van der Waals surface area contributed by atoms with Gasteiger partial charge in [0.15, 0.2) is 4.96 Å². The van der Waals surface area contributed by atoms with E-state index < -0.39 is 0 Å².